The van der Waals surface area contributed by atoms with Crippen molar-refractivity contribution in [2.75, 3.05) is 13.2 Å². The summed E-state index contributed by atoms with van der Waals surface area (Å²) < 4.78 is 23.0. The average molecular weight is 248 g/mol. The molecule has 0 spiro atoms. The summed E-state index contributed by atoms with van der Waals surface area (Å²) in [6.45, 7) is 7.62. The third kappa shape index (κ3) is 3.88. The maximum absolute atomic E-state index is 12.5. The van der Waals surface area contributed by atoms with E-state index in [0.29, 0.717) is 13.2 Å². The number of nitrogens with zero attached hydrogens (tertiary/aromatic N) is 1. The summed E-state index contributed by atoms with van der Waals surface area (Å²) >= 11 is 0. The van der Waals surface area contributed by atoms with Crippen molar-refractivity contribution in [3.63, 3.8) is 0 Å². The van der Waals surface area contributed by atoms with Crippen LogP contribution < -0.4 is 5.73 Å². The van der Waals surface area contributed by atoms with Crippen LogP contribution in [0.3, 0.4) is 0 Å². The minimum absolute atomic E-state index is 0.279. The topological polar surface area (TPSA) is 85.3 Å². The quantitative estimate of drug-likeness (QED) is 0.698. The lowest BCUT2D eigenvalue weighted by molar-refractivity contribution is 0.198. The first-order valence-corrected chi connectivity index (χ1v) is 6.91. The molecule has 0 heterocycles. The highest BCUT2D eigenvalue weighted by Gasteiger charge is 2.44. The van der Waals surface area contributed by atoms with Crippen molar-refractivity contribution in [3.8, 4) is 6.07 Å². The lowest BCUT2D eigenvalue weighted by Gasteiger charge is -2.33. The van der Waals surface area contributed by atoms with E-state index in [9.17, 15) is 4.57 Å². The van der Waals surface area contributed by atoms with Crippen LogP contribution in [0.5, 0.6) is 0 Å². The Labute approximate surface area is 97.4 Å². The zero-order chi connectivity index (χ0) is 12.8. The molecule has 0 saturated carbocycles. The number of nitrogens with two attached hydrogens (primary N) is 1. The molecule has 1 unspecified atom stereocenters. The molecule has 94 valence electrons. The zero-order valence-corrected chi connectivity index (χ0v) is 11.3. The highest BCUT2D eigenvalue weighted by molar-refractivity contribution is 7.55. The minimum Gasteiger partial charge on any atom is -0.316 e. The molecule has 1 atom stereocenters. The minimum atomic E-state index is -3.22. The van der Waals surface area contributed by atoms with Gasteiger partial charge in [0.1, 0.15) is 0 Å². The molecule has 0 rings (SSSR count). The van der Waals surface area contributed by atoms with E-state index in [1.54, 1.807) is 27.7 Å². The van der Waals surface area contributed by atoms with Gasteiger partial charge in [0.15, 0.2) is 0 Å². The Hall–Kier alpha value is -0.400. The number of rotatable bonds is 7. The molecular formula is C10H21N2O3P. The highest BCUT2D eigenvalue weighted by Crippen LogP contribution is 2.61. The first-order valence-electron chi connectivity index (χ1n) is 5.37. The molecule has 0 saturated heterocycles. The summed E-state index contributed by atoms with van der Waals surface area (Å²) in [6, 6.07) is 1.26. The van der Waals surface area contributed by atoms with Gasteiger partial charge in [-0.15, -0.1) is 0 Å². The Morgan fingerprint density at radius 2 is 1.81 bits per heavy atom. The van der Waals surface area contributed by atoms with Crippen molar-refractivity contribution in [2.24, 2.45) is 5.73 Å². The predicted molar refractivity (Wildman–Crippen MR) is 63.1 cm³/mol. The van der Waals surface area contributed by atoms with Crippen molar-refractivity contribution in [3.05, 3.63) is 0 Å². The molecule has 0 aliphatic carbocycles. The molecule has 0 aromatic rings. The van der Waals surface area contributed by atoms with Crippen LogP contribution in [-0.4, -0.2) is 24.4 Å². The van der Waals surface area contributed by atoms with Crippen molar-refractivity contribution in [1.29, 1.82) is 5.26 Å². The Morgan fingerprint density at radius 1 is 1.38 bits per heavy atom. The lowest BCUT2D eigenvalue weighted by atomic mass is 10.0. The smallest absolute Gasteiger partial charge is 0.316 e. The van der Waals surface area contributed by atoms with Gasteiger partial charge in [-0.25, -0.2) is 0 Å². The van der Waals surface area contributed by atoms with Crippen molar-refractivity contribution >= 4 is 7.60 Å². The average Bonchev–Trinajstić information content (AvgIpc) is 2.17. The zero-order valence-electron chi connectivity index (χ0n) is 10.4. The normalized spacial score (nSPS) is 14.5. The third-order valence-corrected chi connectivity index (χ3v) is 5.09. The molecule has 0 aliphatic rings. The summed E-state index contributed by atoms with van der Waals surface area (Å²) in [5, 5.41) is 7.92. The first-order chi connectivity index (χ1) is 7.33. The van der Waals surface area contributed by atoms with Crippen LogP contribution in [0.4, 0.5) is 0 Å². The van der Waals surface area contributed by atoms with Gasteiger partial charge in [0, 0.05) is 0 Å². The van der Waals surface area contributed by atoms with Crippen LogP contribution in [0.2, 0.25) is 0 Å². The Kier molecular flexibility index (Phi) is 6.20. The first kappa shape index (κ1) is 15.6. The van der Waals surface area contributed by atoms with E-state index < -0.39 is 18.8 Å². The second-order valence-electron chi connectivity index (χ2n) is 4.09. The molecule has 6 heteroatoms. The van der Waals surface area contributed by atoms with Gasteiger partial charge in [-0.2, -0.15) is 5.26 Å². The Morgan fingerprint density at radius 3 is 2.12 bits per heavy atom. The van der Waals surface area contributed by atoms with Gasteiger partial charge in [0.25, 0.3) is 0 Å². The molecular weight excluding hydrogens is 227 g/mol. The van der Waals surface area contributed by atoms with E-state index >= 15 is 0 Å². The summed E-state index contributed by atoms with van der Waals surface area (Å²) in [6.07, 6.45) is 0.279. The van der Waals surface area contributed by atoms with E-state index in [1.165, 1.54) is 0 Å². The standard InChI is InChI=1S/C10H21N2O3P/c1-5-14-16(13,15-6-2)10(3,4)7-9(12)8-11/h9H,5-7,12H2,1-4H3. The van der Waals surface area contributed by atoms with Crippen LogP contribution in [0, 0.1) is 11.3 Å². The van der Waals surface area contributed by atoms with Crippen LogP contribution in [0.15, 0.2) is 0 Å². The maximum Gasteiger partial charge on any atom is 0.336 e. The van der Waals surface area contributed by atoms with Gasteiger partial charge in [0.05, 0.1) is 30.5 Å². The van der Waals surface area contributed by atoms with Crippen LogP contribution in [-0.2, 0) is 13.6 Å². The van der Waals surface area contributed by atoms with Gasteiger partial charge in [0.2, 0.25) is 0 Å². The van der Waals surface area contributed by atoms with E-state index in [1.807, 2.05) is 6.07 Å². The SMILES string of the molecule is CCOP(=O)(OCC)C(C)(C)CC(N)C#N. The van der Waals surface area contributed by atoms with Gasteiger partial charge >= 0.3 is 7.60 Å². The van der Waals surface area contributed by atoms with Gasteiger partial charge < -0.3 is 14.8 Å². The highest BCUT2D eigenvalue weighted by atomic mass is 31.2. The fraction of sp³-hybridized carbons (Fsp3) is 0.900. The fourth-order valence-electron chi connectivity index (χ4n) is 1.42. The van der Waals surface area contributed by atoms with Crippen LogP contribution in [0.1, 0.15) is 34.1 Å². The van der Waals surface area contributed by atoms with Crippen molar-refractivity contribution < 1.29 is 13.6 Å². The second-order valence-corrected chi connectivity index (χ2v) is 6.81. The maximum atomic E-state index is 12.5. The summed E-state index contributed by atoms with van der Waals surface area (Å²) in [4.78, 5) is 0. The number of hydrogen-bond acceptors (Lipinski definition) is 5. The van der Waals surface area contributed by atoms with Crippen LogP contribution in [0.25, 0.3) is 0 Å². The molecule has 0 amide bonds. The molecule has 0 aliphatic heterocycles. The van der Waals surface area contributed by atoms with Crippen LogP contribution >= 0.6 is 7.60 Å². The number of nitriles is 1. The largest absolute Gasteiger partial charge is 0.336 e. The fourth-order valence-corrected chi connectivity index (χ4v) is 3.30. The molecule has 0 bridgehead atoms. The molecule has 16 heavy (non-hydrogen) atoms. The van der Waals surface area contributed by atoms with E-state index in [-0.39, 0.29) is 6.42 Å². The summed E-state index contributed by atoms with van der Waals surface area (Å²) in [5.41, 5.74) is 5.55. The monoisotopic (exact) mass is 248 g/mol. The molecule has 0 radical (unpaired) electrons. The molecule has 0 fully saturated rings. The van der Waals surface area contributed by atoms with Gasteiger partial charge in [-0.3, -0.25) is 4.57 Å². The molecule has 0 aromatic heterocycles. The van der Waals surface area contributed by atoms with Gasteiger partial charge in [-0.1, -0.05) is 0 Å². The van der Waals surface area contributed by atoms with Gasteiger partial charge in [-0.05, 0) is 34.1 Å². The molecule has 2 N–H and O–H groups in total. The molecule has 5 nitrogen and oxygen atoms in total. The second kappa shape index (κ2) is 6.36. The van der Waals surface area contributed by atoms with E-state index in [4.69, 9.17) is 20.0 Å². The third-order valence-electron chi connectivity index (χ3n) is 2.22. The van der Waals surface area contributed by atoms with Crippen molar-refractivity contribution in [2.45, 2.75) is 45.3 Å². The lowest BCUT2D eigenvalue weighted by Crippen LogP contribution is -2.32. The molecule has 0 aromatic carbocycles. The Balaban J connectivity index is 4.89. The summed E-state index contributed by atoms with van der Waals surface area (Å²) in [7, 11) is -3.22. The van der Waals surface area contributed by atoms with E-state index in [2.05, 4.69) is 0 Å². The number of hydrogen-bond donors (Lipinski definition) is 1. The van der Waals surface area contributed by atoms with E-state index in [0.717, 1.165) is 0 Å². The predicted octanol–water partition coefficient (Wildman–Crippen LogP) is 2.27. The van der Waals surface area contributed by atoms with Crippen molar-refractivity contribution in [1.82, 2.24) is 0 Å². The Bertz CT molecular complexity index is 289. The summed E-state index contributed by atoms with van der Waals surface area (Å²) in [5.74, 6) is 0.